The summed E-state index contributed by atoms with van der Waals surface area (Å²) in [5.74, 6) is -0.187. The highest BCUT2D eigenvalue weighted by molar-refractivity contribution is 7.13. The van der Waals surface area contributed by atoms with Crippen LogP contribution >= 0.6 is 22.9 Å². The van der Waals surface area contributed by atoms with Gasteiger partial charge in [0.1, 0.15) is 0 Å². The summed E-state index contributed by atoms with van der Waals surface area (Å²) < 4.78 is 4.59. The molecule has 2 unspecified atom stereocenters. The van der Waals surface area contributed by atoms with Crippen molar-refractivity contribution in [3.05, 3.63) is 45.9 Å². The molecule has 1 aromatic carbocycles. The van der Waals surface area contributed by atoms with Crippen molar-refractivity contribution in [3.8, 4) is 0 Å². The van der Waals surface area contributed by atoms with Crippen LogP contribution in [0.15, 0.2) is 29.6 Å². The summed E-state index contributed by atoms with van der Waals surface area (Å²) in [6.07, 6.45) is 0.938. The number of hydrogen-bond donors (Lipinski definition) is 1. The average Bonchev–Trinajstić information content (AvgIpc) is 3.23. The Balaban J connectivity index is 1.56. The van der Waals surface area contributed by atoms with Crippen molar-refractivity contribution in [2.45, 2.75) is 18.8 Å². The summed E-state index contributed by atoms with van der Waals surface area (Å²) in [6, 6.07) is 7.59. The SMILES string of the molecule is COC(=O)Cc1csc(NC(=O)C2CC2c2ccc(Cl)cc2)n1. The number of carbonyl (C=O) groups is 2. The first-order valence-electron chi connectivity index (χ1n) is 7.14. The van der Waals surface area contributed by atoms with Crippen LogP contribution in [0.3, 0.4) is 0 Å². The molecule has 0 spiro atoms. The maximum absolute atomic E-state index is 12.3. The Labute approximate surface area is 142 Å². The van der Waals surface area contributed by atoms with E-state index in [4.69, 9.17) is 11.6 Å². The van der Waals surface area contributed by atoms with Gasteiger partial charge in [-0.1, -0.05) is 23.7 Å². The number of methoxy groups -OCH3 is 1. The smallest absolute Gasteiger partial charge is 0.311 e. The highest BCUT2D eigenvalue weighted by Crippen LogP contribution is 2.48. The first kappa shape index (κ1) is 16.0. The third kappa shape index (κ3) is 3.89. The molecule has 120 valence electrons. The fraction of sp³-hybridized carbons (Fsp3) is 0.312. The third-order valence-corrected chi connectivity index (χ3v) is 4.82. The number of ether oxygens (including phenoxy) is 1. The zero-order chi connectivity index (χ0) is 16.4. The molecule has 1 aliphatic rings. The predicted molar refractivity (Wildman–Crippen MR) is 88.8 cm³/mol. The first-order chi connectivity index (χ1) is 11.1. The van der Waals surface area contributed by atoms with E-state index >= 15 is 0 Å². The summed E-state index contributed by atoms with van der Waals surface area (Å²) >= 11 is 7.18. The molecule has 3 rings (SSSR count). The highest BCUT2D eigenvalue weighted by atomic mass is 35.5. The monoisotopic (exact) mass is 350 g/mol. The Bertz CT molecular complexity index is 729. The summed E-state index contributed by atoms with van der Waals surface area (Å²) in [5.41, 5.74) is 1.72. The highest BCUT2D eigenvalue weighted by Gasteiger charge is 2.44. The van der Waals surface area contributed by atoms with E-state index in [1.54, 1.807) is 5.38 Å². The molecule has 7 heteroatoms. The number of amides is 1. The van der Waals surface area contributed by atoms with Gasteiger partial charge >= 0.3 is 5.97 Å². The quantitative estimate of drug-likeness (QED) is 0.840. The second kappa shape index (κ2) is 6.68. The van der Waals surface area contributed by atoms with Gasteiger partial charge in [-0.25, -0.2) is 4.98 Å². The number of carbonyl (C=O) groups excluding carboxylic acids is 2. The predicted octanol–water partition coefficient (Wildman–Crippen LogP) is 3.25. The van der Waals surface area contributed by atoms with E-state index in [0.29, 0.717) is 15.8 Å². The molecule has 1 saturated carbocycles. The molecule has 2 atom stereocenters. The number of halogens is 1. The van der Waals surface area contributed by atoms with Gasteiger partial charge in [0.2, 0.25) is 5.91 Å². The average molecular weight is 351 g/mol. The zero-order valence-corrected chi connectivity index (χ0v) is 14.0. The molecule has 23 heavy (non-hydrogen) atoms. The molecule has 2 aromatic rings. The van der Waals surface area contributed by atoms with Gasteiger partial charge in [-0.2, -0.15) is 0 Å². The topological polar surface area (TPSA) is 68.3 Å². The summed E-state index contributed by atoms with van der Waals surface area (Å²) in [4.78, 5) is 27.7. The van der Waals surface area contributed by atoms with E-state index in [9.17, 15) is 9.59 Å². The van der Waals surface area contributed by atoms with Gasteiger partial charge in [-0.3, -0.25) is 9.59 Å². The number of esters is 1. The number of rotatable bonds is 5. The van der Waals surface area contributed by atoms with Crippen molar-refractivity contribution >= 4 is 39.9 Å². The number of nitrogens with zero attached hydrogens (tertiary/aromatic N) is 1. The molecule has 0 bridgehead atoms. The Hall–Kier alpha value is -1.92. The van der Waals surface area contributed by atoms with Crippen LogP contribution in [-0.2, 0) is 20.7 Å². The number of aromatic nitrogens is 1. The molecule has 1 heterocycles. The van der Waals surface area contributed by atoms with E-state index in [0.717, 1.165) is 12.0 Å². The number of benzene rings is 1. The summed E-state index contributed by atoms with van der Waals surface area (Å²) in [7, 11) is 1.33. The standard InChI is InChI=1S/C16H15ClN2O3S/c1-22-14(20)6-11-8-23-16(18-11)19-15(21)13-7-12(13)9-2-4-10(17)5-3-9/h2-5,8,12-13H,6-7H2,1H3,(H,18,19,21). The molecule has 0 saturated heterocycles. The number of thiazole rings is 1. The Morgan fingerprint density at radius 2 is 2.13 bits per heavy atom. The Morgan fingerprint density at radius 3 is 2.83 bits per heavy atom. The van der Waals surface area contributed by atoms with Crippen molar-refractivity contribution in [1.29, 1.82) is 0 Å². The van der Waals surface area contributed by atoms with Gasteiger partial charge in [0.05, 0.1) is 19.2 Å². The molecular formula is C16H15ClN2O3S. The molecular weight excluding hydrogens is 336 g/mol. The third-order valence-electron chi connectivity index (χ3n) is 3.76. The largest absolute Gasteiger partial charge is 0.469 e. The van der Waals surface area contributed by atoms with Gasteiger partial charge in [0.25, 0.3) is 0 Å². The van der Waals surface area contributed by atoms with Crippen molar-refractivity contribution in [2.24, 2.45) is 5.92 Å². The zero-order valence-electron chi connectivity index (χ0n) is 12.4. The minimum Gasteiger partial charge on any atom is -0.469 e. The van der Waals surface area contributed by atoms with Crippen LogP contribution in [0.25, 0.3) is 0 Å². The van der Waals surface area contributed by atoms with Gasteiger partial charge in [0, 0.05) is 16.3 Å². The first-order valence-corrected chi connectivity index (χ1v) is 8.40. The van der Waals surface area contributed by atoms with E-state index < -0.39 is 0 Å². The van der Waals surface area contributed by atoms with Crippen molar-refractivity contribution in [1.82, 2.24) is 4.98 Å². The van der Waals surface area contributed by atoms with Crippen LogP contribution in [0.4, 0.5) is 5.13 Å². The molecule has 1 aliphatic carbocycles. The number of anilines is 1. The van der Waals surface area contributed by atoms with Crippen LogP contribution < -0.4 is 5.32 Å². The molecule has 5 nitrogen and oxygen atoms in total. The van der Waals surface area contributed by atoms with Gasteiger partial charge in [0.15, 0.2) is 5.13 Å². The Kier molecular flexibility index (Phi) is 4.63. The van der Waals surface area contributed by atoms with Crippen molar-refractivity contribution in [3.63, 3.8) is 0 Å². The van der Waals surface area contributed by atoms with E-state index in [1.807, 2.05) is 24.3 Å². The lowest BCUT2D eigenvalue weighted by molar-refractivity contribution is -0.139. The second-order valence-electron chi connectivity index (χ2n) is 5.39. The lowest BCUT2D eigenvalue weighted by atomic mass is 10.1. The molecule has 1 N–H and O–H groups in total. The number of nitrogens with one attached hydrogen (secondary N) is 1. The molecule has 1 aromatic heterocycles. The minimum atomic E-state index is -0.349. The number of hydrogen-bond acceptors (Lipinski definition) is 5. The normalized spacial score (nSPS) is 19.2. The van der Waals surface area contributed by atoms with Crippen LogP contribution in [0.5, 0.6) is 0 Å². The lowest BCUT2D eigenvalue weighted by Crippen LogP contribution is -2.14. The minimum absolute atomic E-state index is 0.0378. The Morgan fingerprint density at radius 1 is 1.39 bits per heavy atom. The summed E-state index contributed by atoms with van der Waals surface area (Å²) in [5, 5.41) is 5.76. The summed E-state index contributed by atoms with van der Waals surface area (Å²) in [6.45, 7) is 0. The van der Waals surface area contributed by atoms with Gasteiger partial charge < -0.3 is 10.1 Å². The fourth-order valence-electron chi connectivity index (χ4n) is 2.43. The van der Waals surface area contributed by atoms with Crippen LogP contribution in [0, 0.1) is 5.92 Å². The second-order valence-corrected chi connectivity index (χ2v) is 6.68. The molecule has 1 amide bonds. The van der Waals surface area contributed by atoms with Crippen LogP contribution in [-0.4, -0.2) is 24.0 Å². The van der Waals surface area contributed by atoms with Crippen LogP contribution in [0.2, 0.25) is 5.02 Å². The molecule has 1 fully saturated rings. The van der Waals surface area contributed by atoms with E-state index in [1.165, 1.54) is 18.4 Å². The van der Waals surface area contributed by atoms with Crippen molar-refractivity contribution in [2.75, 3.05) is 12.4 Å². The fourth-order valence-corrected chi connectivity index (χ4v) is 3.27. The maximum atomic E-state index is 12.3. The van der Waals surface area contributed by atoms with Gasteiger partial charge in [-0.05, 0) is 30.0 Å². The molecule has 0 aliphatic heterocycles. The lowest BCUT2D eigenvalue weighted by Gasteiger charge is -2.02. The maximum Gasteiger partial charge on any atom is 0.311 e. The van der Waals surface area contributed by atoms with E-state index in [2.05, 4.69) is 15.0 Å². The van der Waals surface area contributed by atoms with E-state index in [-0.39, 0.29) is 30.1 Å². The van der Waals surface area contributed by atoms with Crippen LogP contribution in [0.1, 0.15) is 23.6 Å². The van der Waals surface area contributed by atoms with Gasteiger partial charge in [-0.15, -0.1) is 11.3 Å². The van der Waals surface area contributed by atoms with Crippen molar-refractivity contribution < 1.29 is 14.3 Å². The molecule has 0 radical (unpaired) electrons.